The summed E-state index contributed by atoms with van der Waals surface area (Å²) in [5.74, 6) is -11.0. The summed E-state index contributed by atoms with van der Waals surface area (Å²) in [7, 11) is 0. The highest BCUT2D eigenvalue weighted by Crippen LogP contribution is 2.64. The first-order chi connectivity index (χ1) is 26.5. The molecule has 3 fully saturated rings. The minimum Gasteiger partial charge on any atom is -0.505 e. The molecule has 0 unspecified atom stereocenters. The fourth-order valence-electron chi connectivity index (χ4n) is 8.86. The Labute approximate surface area is 323 Å². The van der Waals surface area contributed by atoms with Crippen molar-refractivity contribution in [2.45, 2.75) is 30.4 Å². The number of non-ortho nitro benzene ring substituents is 1. The van der Waals surface area contributed by atoms with Crippen molar-refractivity contribution < 1.29 is 46.8 Å². The van der Waals surface area contributed by atoms with Gasteiger partial charge in [0, 0.05) is 29.3 Å². The SMILES string of the molecule is O=C1[C@@H]2C[C@@H]3C(=CC[C@@H]4C(=O)N(c5cccc([N+](=O)[O-])c5)C(=O)[C@@H]43)[C@H](c3ccc(O)c(F)c3)[C@]2(c2ccc(Cl)cc2)C(=O)N1Nc1ncc(C(F)(F)F)cc1Cl. The predicted octanol–water partition coefficient (Wildman–Crippen LogP) is 7.35. The molecule has 0 spiro atoms. The molecule has 2 N–H and O–H groups in total. The van der Waals surface area contributed by atoms with Gasteiger partial charge in [0.15, 0.2) is 17.4 Å². The Bertz CT molecular complexity index is 2430. The third-order valence-electron chi connectivity index (χ3n) is 11.2. The van der Waals surface area contributed by atoms with Crippen molar-refractivity contribution in [2.75, 3.05) is 10.3 Å². The molecule has 1 saturated carbocycles. The van der Waals surface area contributed by atoms with Gasteiger partial charge in [-0.25, -0.2) is 14.3 Å². The number of halogens is 6. The van der Waals surface area contributed by atoms with Gasteiger partial charge in [-0.2, -0.15) is 18.2 Å². The van der Waals surface area contributed by atoms with E-state index < -0.39 is 97.7 Å². The molecule has 4 amide bonds. The number of carbonyl (C=O) groups excluding carboxylic acids is 4. The lowest BCUT2D eigenvalue weighted by Crippen LogP contribution is -2.53. The van der Waals surface area contributed by atoms with E-state index in [1.165, 1.54) is 48.5 Å². The molecule has 2 aliphatic heterocycles. The topological polar surface area (TPSA) is 163 Å². The summed E-state index contributed by atoms with van der Waals surface area (Å²) in [6.07, 6.45) is -2.90. The van der Waals surface area contributed by atoms with E-state index in [1.807, 2.05) is 0 Å². The molecule has 1 aromatic heterocycles. The van der Waals surface area contributed by atoms with Crippen LogP contribution in [0.5, 0.6) is 5.75 Å². The van der Waals surface area contributed by atoms with Gasteiger partial charge >= 0.3 is 6.18 Å². The second kappa shape index (κ2) is 13.1. The lowest BCUT2D eigenvalue weighted by Gasteiger charge is -2.50. The molecule has 4 aromatic rings. The molecule has 56 heavy (non-hydrogen) atoms. The molecule has 12 nitrogen and oxygen atoms in total. The number of hydrazine groups is 1. The number of hydrogen-bond acceptors (Lipinski definition) is 9. The van der Waals surface area contributed by atoms with Crippen LogP contribution in [0, 0.1) is 39.6 Å². The number of amides is 4. The van der Waals surface area contributed by atoms with Crippen LogP contribution < -0.4 is 10.3 Å². The highest BCUT2D eigenvalue weighted by Gasteiger charge is 2.70. The zero-order valence-corrected chi connectivity index (χ0v) is 29.8. The number of nitro benzene ring substituents is 1. The van der Waals surface area contributed by atoms with Crippen molar-refractivity contribution in [3.05, 3.63) is 133 Å². The van der Waals surface area contributed by atoms with Gasteiger partial charge in [0.1, 0.15) is 0 Å². The number of nitrogens with zero attached hydrogens (tertiary/aromatic N) is 4. The number of anilines is 2. The number of aromatic nitrogens is 1. The van der Waals surface area contributed by atoms with Crippen molar-refractivity contribution in [1.82, 2.24) is 9.99 Å². The van der Waals surface area contributed by atoms with Crippen LogP contribution in [0.15, 0.2) is 90.6 Å². The number of benzene rings is 3. The van der Waals surface area contributed by atoms with Gasteiger partial charge in [-0.3, -0.25) is 34.7 Å². The van der Waals surface area contributed by atoms with Crippen LogP contribution in [0.3, 0.4) is 0 Å². The van der Waals surface area contributed by atoms with Crippen LogP contribution in [-0.4, -0.2) is 43.7 Å². The van der Waals surface area contributed by atoms with Gasteiger partial charge in [0.2, 0.25) is 11.8 Å². The maximum Gasteiger partial charge on any atom is 0.417 e. The third kappa shape index (κ3) is 5.52. The van der Waals surface area contributed by atoms with Gasteiger partial charge in [0.05, 0.1) is 44.4 Å². The minimum absolute atomic E-state index is 0.0277. The van der Waals surface area contributed by atoms with Gasteiger partial charge in [-0.1, -0.05) is 59.1 Å². The van der Waals surface area contributed by atoms with E-state index >= 15 is 9.18 Å². The number of pyridine rings is 1. The predicted molar refractivity (Wildman–Crippen MR) is 191 cm³/mol. The van der Waals surface area contributed by atoms with Crippen LogP contribution in [0.1, 0.15) is 35.4 Å². The second-order valence-electron chi connectivity index (χ2n) is 13.9. The van der Waals surface area contributed by atoms with E-state index in [0.717, 1.165) is 23.1 Å². The molecular formula is C38H25Cl2F4N5O7. The Hall–Kier alpha value is -5.87. The number of carbonyl (C=O) groups is 4. The summed E-state index contributed by atoms with van der Waals surface area (Å²) in [4.78, 5) is 73.8. The van der Waals surface area contributed by atoms with Crippen molar-refractivity contribution in [3.63, 3.8) is 0 Å². The number of phenols is 1. The zero-order chi connectivity index (χ0) is 40.0. The highest BCUT2D eigenvalue weighted by atomic mass is 35.5. The second-order valence-corrected chi connectivity index (χ2v) is 14.8. The van der Waals surface area contributed by atoms with Crippen LogP contribution in [0.4, 0.5) is 34.8 Å². The molecular weight excluding hydrogens is 785 g/mol. The van der Waals surface area contributed by atoms with Crippen LogP contribution in [0.25, 0.3) is 0 Å². The third-order valence-corrected chi connectivity index (χ3v) is 11.7. The average molecular weight is 811 g/mol. The zero-order valence-electron chi connectivity index (χ0n) is 28.3. The molecule has 18 heteroatoms. The van der Waals surface area contributed by atoms with Crippen LogP contribution >= 0.6 is 23.2 Å². The summed E-state index contributed by atoms with van der Waals surface area (Å²) >= 11 is 12.5. The lowest BCUT2D eigenvalue weighted by atomic mass is 9.49. The van der Waals surface area contributed by atoms with E-state index in [0.29, 0.717) is 22.8 Å². The number of nitro groups is 1. The van der Waals surface area contributed by atoms with E-state index in [1.54, 1.807) is 6.08 Å². The molecule has 2 saturated heterocycles. The first-order valence-electron chi connectivity index (χ1n) is 17.0. The Morgan fingerprint density at radius 2 is 1.68 bits per heavy atom. The number of phenolic OH excluding ortho intramolecular Hbond substituents is 1. The van der Waals surface area contributed by atoms with E-state index in [4.69, 9.17) is 23.2 Å². The van der Waals surface area contributed by atoms with Gasteiger partial charge in [0.25, 0.3) is 17.5 Å². The number of allylic oxidation sites excluding steroid dienone is 2. The molecule has 0 bridgehead atoms. The summed E-state index contributed by atoms with van der Waals surface area (Å²) in [5.41, 5.74) is -0.222. The fourth-order valence-corrected chi connectivity index (χ4v) is 9.20. The van der Waals surface area contributed by atoms with Crippen molar-refractivity contribution in [2.24, 2.45) is 23.7 Å². The van der Waals surface area contributed by atoms with Gasteiger partial charge in [-0.15, -0.1) is 0 Å². The fraction of sp³-hybridized carbons (Fsp3) is 0.237. The maximum atomic E-state index is 15.3. The molecule has 2 aliphatic carbocycles. The van der Waals surface area contributed by atoms with Crippen molar-refractivity contribution in [1.29, 1.82) is 0 Å². The monoisotopic (exact) mass is 809 g/mol. The smallest absolute Gasteiger partial charge is 0.417 e. The number of fused-ring (bicyclic) bond motifs is 4. The Morgan fingerprint density at radius 1 is 0.946 bits per heavy atom. The molecule has 286 valence electrons. The summed E-state index contributed by atoms with van der Waals surface area (Å²) in [5, 5.41) is 22.0. The van der Waals surface area contributed by atoms with E-state index in [-0.39, 0.29) is 40.4 Å². The number of aromatic hydroxyl groups is 1. The number of rotatable bonds is 6. The summed E-state index contributed by atoms with van der Waals surface area (Å²) in [6, 6.07) is 15.0. The number of imide groups is 2. The van der Waals surface area contributed by atoms with Gasteiger partial charge < -0.3 is 5.11 Å². The lowest BCUT2D eigenvalue weighted by molar-refractivity contribution is -0.384. The van der Waals surface area contributed by atoms with Gasteiger partial charge in [-0.05, 0) is 66.3 Å². The molecule has 8 rings (SSSR count). The highest BCUT2D eigenvalue weighted by molar-refractivity contribution is 6.33. The molecule has 4 aliphatic rings. The first kappa shape index (κ1) is 37.1. The molecule has 3 aromatic carbocycles. The molecule has 6 atom stereocenters. The number of nitrogens with one attached hydrogen (secondary N) is 1. The van der Waals surface area contributed by atoms with Crippen molar-refractivity contribution in [3.8, 4) is 5.75 Å². The standard InChI is InChI=1S/C38H25Cl2F4N5O7/c39-20-7-5-18(6-8-20)37-26(34(52)48(36(37)54)46-32-27(40)13-19(16-45-32)38(42,43)44)15-25-23(31(37)17-4-11-29(50)28(41)12-17)9-10-24-30(25)35(53)47(33(24)51)21-2-1-3-22(14-21)49(55)56/h1-9,11-14,16,24-26,30-31,50H,10,15H2,(H,45,46)/t24-,25+,26-,30-,31-,37+/m0/s1. The minimum atomic E-state index is -4.81. The maximum absolute atomic E-state index is 15.3. The summed E-state index contributed by atoms with van der Waals surface area (Å²) < 4.78 is 55.7. The molecule has 0 radical (unpaired) electrons. The first-order valence-corrected chi connectivity index (χ1v) is 17.7. The number of alkyl halides is 3. The number of hydrogen-bond donors (Lipinski definition) is 2. The van der Waals surface area contributed by atoms with Crippen LogP contribution in [-0.2, 0) is 30.8 Å². The Morgan fingerprint density at radius 3 is 2.34 bits per heavy atom. The van der Waals surface area contributed by atoms with Crippen molar-refractivity contribution >= 4 is 64.0 Å². The quantitative estimate of drug-likeness (QED) is 0.0667. The van der Waals surface area contributed by atoms with Crippen LogP contribution in [0.2, 0.25) is 10.0 Å². The normalized spacial score (nSPS) is 25.8. The molecule has 3 heterocycles. The summed E-state index contributed by atoms with van der Waals surface area (Å²) in [6.45, 7) is 0. The van der Waals surface area contributed by atoms with E-state index in [2.05, 4.69) is 10.4 Å². The Kier molecular flexibility index (Phi) is 8.69. The van der Waals surface area contributed by atoms with E-state index in [9.17, 15) is 42.8 Å². The average Bonchev–Trinajstić information content (AvgIpc) is 3.54. The Balaban J connectivity index is 1.30. The largest absolute Gasteiger partial charge is 0.505 e.